The lowest BCUT2D eigenvalue weighted by Gasteiger charge is -2.16. The first kappa shape index (κ1) is 23.2. The van der Waals surface area contributed by atoms with Crippen molar-refractivity contribution in [1.29, 1.82) is 0 Å². The Morgan fingerprint density at radius 1 is 0.611 bits per heavy atom. The highest BCUT2D eigenvalue weighted by Gasteiger charge is 2.32. The van der Waals surface area contributed by atoms with Crippen LogP contribution in [0.1, 0.15) is 34.0 Å². The number of anilines is 1. The molecule has 3 aromatic carbocycles. The maximum absolute atomic E-state index is 14.1. The third-order valence-corrected chi connectivity index (χ3v) is 7.04. The normalized spacial score (nSPS) is 11.4. The Morgan fingerprint density at radius 2 is 1.00 bits per heavy atom. The highest BCUT2D eigenvalue weighted by atomic mass is 16.1. The van der Waals surface area contributed by atoms with E-state index in [-0.39, 0.29) is 11.1 Å². The van der Waals surface area contributed by atoms with Crippen molar-refractivity contribution in [3.63, 3.8) is 0 Å². The summed E-state index contributed by atoms with van der Waals surface area (Å²) in [5.74, 6) is -0.571. The molecule has 7 heteroatoms. The Labute approximate surface area is 209 Å². The zero-order valence-electron chi connectivity index (χ0n) is 20.8. The number of nitrogens with two attached hydrogens (primary N) is 1. The third-order valence-electron chi connectivity index (χ3n) is 7.04. The van der Waals surface area contributed by atoms with Gasteiger partial charge >= 0.3 is 0 Å². The molecule has 0 radical (unpaired) electrons. The van der Waals surface area contributed by atoms with Gasteiger partial charge in [-0.3, -0.25) is 19.0 Å². The van der Waals surface area contributed by atoms with E-state index in [1.165, 1.54) is 0 Å². The molecule has 36 heavy (non-hydrogen) atoms. The lowest BCUT2D eigenvalue weighted by Crippen LogP contribution is -2.26. The Hall–Kier alpha value is -4.52. The van der Waals surface area contributed by atoms with E-state index in [1.807, 2.05) is 122 Å². The molecule has 0 bridgehead atoms. The Kier molecular flexibility index (Phi) is 5.76. The lowest BCUT2D eigenvalue weighted by atomic mass is 9.85. The fourth-order valence-electron chi connectivity index (χ4n) is 5.01. The van der Waals surface area contributed by atoms with E-state index in [9.17, 15) is 9.59 Å². The monoisotopic (exact) mass is 479 g/mol. The second-order valence-electron chi connectivity index (χ2n) is 9.05. The van der Waals surface area contributed by atoms with Gasteiger partial charge in [0.05, 0.1) is 22.5 Å². The van der Waals surface area contributed by atoms with E-state index in [0.717, 1.165) is 28.3 Å². The summed E-state index contributed by atoms with van der Waals surface area (Å²) < 4.78 is 7.02. The molecule has 7 nitrogen and oxygen atoms in total. The van der Waals surface area contributed by atoms with Crippen molar-refractivity contribution in [2.45, 2.75) is 19.8 Å². The molecule has 0 aliphatic rings. The van der Waals surface area contributed by atoms with Crippen molar-refractivity contribution in [3.8, 4) is 11.4 Å². The number of rotatable bonds is 5. The minimum Gasteiger partial charge on any atom is -0.399 e. The van der Waals surface area contributed by atoms with E-state index in [2.05, 4.69) is 0 Å². The molecule has 2 N–H and O–H groups in total. The van der Waals surface area contributed by atoms with Gasteiger partial charge in [0.1, 0.15) is 0 Å². The summed E-state index contributed by atoms with van der Waals surface area (Å²) in [6.07, 6.45) is 0. The van der Waals surface area contributed by atoms with Crippen molar-refractivity contribution in [2.75, 3.05) is 5.73 Å². The van der Waals surface area contributed by atoms with Crippen LogP contribution in [0.5, 0.6) is 0 Å². The second kappa shape index (κ2) is 8.92. The first-order valence-electron chi connectivity index (χ1n) is 11.8. The van der Waals surface area contributed by atoms with Crippen LogP contribution in [0.2, 0.25) is 0 Å². The number of hydrogen-bond acceptors (Lipinski definition) is 3. The molecule has 0 aliphatic heterocycles. The molecule has 0 spiro atoms. The van der Waals surface area contributed by atoms with Gasteiger partial charge in [0, 0.05) is 37.1 Å². The predicted molar refractivity (Wildman–Crippen MR) is 143 cm³/mol. The summed E-state index contributed by atoms with van der Waals surface area (Å²) in [5, 5.41) is 0. The van der Waals surface area contributed by atoms with Crippen LogP contribution in [0.3, 0.4) is 0 Å². The molecule has 0 unspecified atom stereocenters. The molecule has 0 saturated carbocycles. The van der Waals surface area contributed by atoms with Crippen molar-refractivity contribution in [1.82, 2.24) is 18.7 Å². The molecule has 0 fully saturated rings. The van der Waals surface area contributed by atoms with Crippen LogP contribution in [-0.4, -0.2) is 18.7 Å². The highest BCUT2D eigenvalue weighted by molar-refractivity contribution is 5.50. The SMILES string of the molecule is Cc1c(C(c2ccc(N)cc2)c2c(C)n(C)n(-c3ccccc3)c2=O)c(=O)n(-c2ccccc2)n1C. The Morgan fingerprint density at radius 3 is 1.39 bits per heavy atom. The van der Waals surface area contributed by atoms with Crippen LogP contribution >= 0.6 is 0 Å². The molecule has 5 aromatic rings. The van der Waals surface area contributed by atoms with Crippen molar-refractivity contribution >= 4 is 5.69 Å². The molecular formula is C29H29N5O2. The number of hydrogen-bond donors (Lipinski definition) is 1. The zero-order valence-corrected chi connectivity index (χ0v) is 20.8. The first-order valence-corrected chi connectivity index (χ1v) is 11.8. The molecule has 0 amide bonds. The zero-order chi connectivity index (χ0) is 25.6. The fourth-order valence-corrected chi connectivity index (χ4v) is 5.01. The highest BCUT2D eigenvalue weighted by Crippen LogP contribution is 2.33. The summed E-state index contributed by atoms with van der Waals surface area (Å²) >= 11 is 0. The van der Waals surface area contributed by atoms with E-state index in [4.69, 9.17) is 5.73 Å². The molecule has 0 atom stereocenters. The molecule has 5 rings (SSSR count). The van der Waals surface area contributed by atoms with Gasteiger partial charge in [-0.2, -0.15) is 0 Å². The number of benzene rings is 3. The molecule has 182 valence electrons. The number of para-hydroxylation sites is 2. The van der Waals surface area contributed by atoms with Gasteiger partial charge in [0.15, 0.2) is 0 Å². The van der Waals surface area contributed by atoms with Gasteiger partial charge < -0.3 is 5.73 Å². The van der Waals surface area contributed by atoms with E-state index >= 15 is 0 Å². The first-order chi connectivity index (χ1) is 17.3. The average Bonchev–Trinajstić information content (AvgIpc) is 3.24. The Balaban J connectivity index is 1.84. The van der Waals surface area contributed by atoms with Crippen LogP contribution < -0.4 is 16.9 Å². The summed E-state index contributed by atoms with van der Waals surface area (Å²) in [4.78, 5) is 28.1. The smallest absolute Gasteiger partial charge is 0.275 e. The number of nitrogen functional groups attached to an aromatic ring is 1. The van der Waals surface area contributed by atoms with E-state index < -0.39 is 5.92 Å². The number of nitrogens with zero attached hydrogens (tertiary/aromatic N) is 4. The van der Waals surface area contributed by atoms with E-state index in [1.54, 1.807) is 9.36 Å². The van der Waals surface area contributed by atoms with Crippen LogP contribution in [-0.2, 0) is 14.1 Å². The largest absolute Gasteiger partial charge is 0.399 e. The lowest BCUT2D eigenvalue weighted by molar-refractivity contribution is 0.630. The molecule has 0 aliphatic carbocycles. The summed E-state index contributed by atoms with van der Waals surface area (Å²) in [7, 11) is 3.74. The van der Waals surface area contributed by atoms with Crippen LogP contribution in [0, 0.1) is 13.8 Å². The summed E-state index contributed by atoms with van der Waals surface area (Å²) in [5.41, 5.74) is 11.4. The van der Waals surface area contributed by atoms with Gasteiger partial charge in [0.25, 0.3) is 11.1 Å². The van der Waals surface area contributed by atoms with Gasteiger partial charge in [-0.15, -0.1) is 0 Å². The Bertz CT molecular complexity index is 1550. The van der Waals surface area contributed by atoms with Crippen molar-refractivity contribution < 1.29 is 0 Å². The van der Waals surface area contributed by atoms with Crippen LogP contribution in [0.25, 0.3) is 11.4 Å². The standard InChI is InChI=1S/C29H29N5O2/c1-19-25(28(35)33(31(19)3)23-11-7-5-8-12-23)27(21-15-17-22(30)18-16-21)26-20(2)32(4)34(29(26)36)24-13-9-6-10-14-24/h5-18,27H,30H2,1-4H3. The van der Waals surface area contributed by atoms with Crippen molar-refractivity contribution in [2.24, 2.45) is 14.1 Å². The topological polar surface area (TPSA) is 79.9 Å². The van der Waals surface area contributed by atoms with Crippen molar-refractivity contribution in [3.05, 3.63) is 134 Å². The van der Waals surface area contributed by atoms with Gasteiger partial charge in [-0.25, -0.2) is 9.36 Å². The average molecular weight is 480 g/mol. The molecule has 0 saturated heterocycles. The maximum Gasteiger partial charge on any atom is 0.275 e. The summed E-state index contributed by atoms with van der Waals surface area (Å²) in [6.45, 7) is 3.85. The summed E-state index contributed by atoms with van der Waals surface area (Å²) in [6, 6.07) is 26.5. The molecular weight excluding hydrogens is 450 g/mol. The van der Waals surface area contributed by atoms with E-state index in [0.29, 0.717) is 16.8 Å². The third kappa shape index (κ3) is 3.60. The fraction of sp³-hybridized carbons (Fsp3) is 0.172. The maximum atomic E-state index is 14.1. The number of aromatic nitrogens is 4. The quantitative estimate of drug-likeness (QED) is 0.386. The molecule has 2 heterocycles. The minimum atomic E-state index is -0.571. The van der Waals surface area contributed by atoms with Gasteiger partial charge in [-0.1, -0.05) is 48.5 Å². The van der Waals surface area contributed by atoms with Gasteiger partial charge in [0.2, 0.25) is 0 Å². The minimum absolute atomic E-state index is 0.156. The van der Waals surface area contributed by atoms with Gasteiger partial charge in [-0.05, 0) is 55.8 Å². The second-order valence-corrected chi connectivity index (χ2v) is 9.05. The molecule has 2 aromatic heterocycles. The predicted octanol–water partition coefficient (Wildman–Crippen LogP) is 4.04. The van der Waals surface area contributed by atoms with Crippen LogP contribution in [0.15, 0.2) is 94.5 Å². The van der Waals surface area contributed by atoms with Crippen LogP contribution in [0.4, 0.5) is 5.69 Å².